The molecule has 1 rings (SSSR count). The third-order valence-electron chi connectivity index (χ3n) is 2.41. The van der Waals surface area contributed by atoms with Crippen LogP contribution >= 0.6 is 15.9 Å². The van der Waals surface area contributed by atoms with Crippen molar-refractivity contribution in [2.45, 2.75) is 33.2 Å². The molecule has 84 valence electrons. The molecule has 0 amide bonds. The van der Waals surface area contributed by atoms with Crippen LogP contribution in [0.25, 0.3) is 0 Å². The van der Waals surface area contributed by atoms with Gasteiger partial charge in [0.15, 0.2) is 0 Å². The maximum Gasteiger partial charge on any atom is 0.0220 e. The Morgan fingerprint density at radius 3 is 2.67 bits per heavy atom. The molecule has 15 heavy (non-hydrogen) atoms. The first-order valence-corrected chi connectivity index (χ1v) is 6.43. The Bertz CT molecular complexity index is 284. The quantitative estimate of drug-likeness (QED) is 0.771. The van der Waals surface area contributed by atoms with E-state index in [1.165, 1.54) is 22.9 Å². The van der Waals surface area contributed by atoms with E-state index in [1.54, 1.807) is 0 Å². The molecular formula is C13H20BrN. The minimum atomic E-state index is 0.815. The lowest BCUT2D eigenvalue weighted by Crippen LogP contribution is -2.15. The van der Waals surface area contributed by atoms with Crippen molar-refractivity contribution in [3.8, 4) is 0 Å². The summed E-state index contributed by atoms with van der Waals surface area (Å²) in [6.07, 6.45) is 2.57. The number of rotatable bonds is 6. The summed E-state index contributed by atoms with van der Waals surface area (Å²) in [6.45, 7) is 6.61. The maximum atomic E-state index is 3.55. The Hall–Kier alpha value is -0.340. The van der Waals surface area contributed by atoms with E-state index in [-0.39, 0.29) is 0 Å². The van der Waals surface area contributed by atoms with Crippen molar-refractivity contribution >= 4 is 15.9 Å². The van der Waals surface area contributed by atoms with E-state index in [2.05, 4.69) is 53.3 Å². The average Bonchev–Trinajstić information content (AvgIpc) is 2.20. The summed E-state index contributed by atoms with van der Waals surface area (Å²) < 4.78 is 1.20. The smallest absolute Gasteiger partial charge is 0.0220 e. The highest BCUT2D eigenvalue weighted by Crippen LogP contribution is 2.15. The lowest BCUT2D eigenvalue weighted by atomic mass is 10.1. The van der Waals surface area contributed by atoms with Gasteiger partial charge in [-0.3, -0.25) is 0 Å². The van der Waals surface area contributed by atoms with Crippen molar-refractivity contribution in [2.75, 3.05) is 6.54 Å². The largest absolute Gasteiger partial charge is 0.313 e. The van der Waals surface area contributed by atoms with Crippen molar-refractivity contribution < 1.29 is 0 Å². The molecule has 1 aromatic rings. The monoisotopic (exact) mass is 269 g/mol. The standard InChI is InChI=1S/C13H20BrN/c1-11(2)6-5-9-15-10-12-7-3-4-8-13(12)14/h3-4,7-8,11,15H,5-6,9-10H2,1-2H3. The molecule has 0 heterocycles. The van der Waals surface area contributed by atoms with Crippen molar-refractivity contribution in [2.24, 2.45) is 5.92 Å². The molecule has 0 aliphatic carbocycles. The molecule has 0 unspecified atom stereocenters. The minimum Gasteiger partial charge on any atom is -0.313 e. The van der Waals surface area contributed by atoms with Gasteiger partial charge in [0.2, 0.25) is 0 Å². The van der Waals surface area contributed by atoms with E-state index >= 15 is 0 Å². The molecule has 0 saturated carbocycles. The molecule has 0 saturated heterocycles. The van der Waals surface area contributed by atoms with Crippen LogP contribution in [0.2, 0.25) is 0 Å². The zero-order valence-electron chi connectivity index (χ0n) is 9.59. The first-order chi connectivity index (χ1) is 7.20. The van der Waals surface area contributed by atoms with Crippen LogP contribution in [-0.4, -0.2) is 6.54 Å². The molecule has 2 heteroatoms. The van der Waals surface area contributed by atoms with Gasteiger partial charge in [-0.1, -0.05) is 48.0 Å². The van der Waals surface area contributed by atoms with Crippen LogP contribution in [0, 0.1) is 5.92 Å². The lowest BCUT2D eigenvalue weighted by Gasteiger charge is -2.07. The van der Waals surface area contributed by atoms with E-state index in [0.717, 1.165) is 19.0 Å². The van der Waals surface area contributed by atoms with E-state index in [9.17, 15) is 0 Å². The summed E-state index contributed by atoms with van der Waals surface area (Å²) in [4.78, 5) is 0. The van der Waals surface area contributed by atoms with E-state index in [0.29, 0.717) is 0 Å². The van der Waals surface area contributed by atoms with Crippen LogP contribution in [0.1, 0.15) is 32.3 Å². The second-order valence-electron chi connectivity index (χ2n) is 4.30. The predicted octanol–water partition coefficient (Wildman–Crippen LogP) is 3.97. The number of benzene rings is 1. The first-order valence-electron chi connectivity index (χ1n) is 5.64. The normalized spacial score (nSPS) is 10.9. The van der Waals surface area contributed by atoms with Crippen LogP contribution in [0.5, 0.6) is 0 Å². The van der Waals surface area contributed by atoms with E-state index in [4.69, 9.17) is 0 Å². The second-order valence-corrected chi connectivity index (χ2v) is 5.16. The predicted molar refractivity (Wildman–Crippen MR) is 69.9 cm³/mol. The zero-order chi connectivity index (χ0) is 11.1. The molecule has 0 spiro atoms. The minimum absolute atomic E-state index is 0.815. The van der Waals surface area contributed by atoms with Gasteiger partial charge in [0.05, 0.1) is 0 Å². The molecule has 1 aromatic carbocycles. The highest BCUT2D eigenvalue weighted by molar-refractivity contribution is 9.10. The van der Waals surface area contributed by atoms with Gasteiger partial charge in [-0.2, -0.15) is 0 Å². The van der Waals surface area contributed by atoms with Gasteiger partial charge >= 0.3 is 0 Å². The third kappa shape index (κ3) is 5.33. The Morgan fingerprint density at radius 2 is 2.00 bits per heavy atom. The molecule has 0 atom stereocenters. The molecule has 0 radical (unpaired) electrons. The van der Waals surface area contributed by atoms with Gasteiger partial charge in [0.1, 0.15) is 0 Å². The Kier molecular flexibility index (Phi) is 5.96. The van der Waals surface area contributed by atoms with Gasteiger partial charge < -0.3 is 5.32 Å². The van der Waals surface area contributed by atoms with Crippen molar-refractivity contribution in [3.63, 3.8) is 0 Å². The van der Waals surface area contributed by atoms with Crippen molar-refractivity contribution in [1.82, 2.24) is 5.32 Å². The summed E-state index contributed by atoms with van der Waals surface area (Å²) in [7, 11) is 0. The summed E-state index contributed by atoms with van der Waals surface area (Å²) in [5.41, 5.74) is 1.34. The molecular weight excluding hydrogens is 250 g/mol. The zero-order valence-corrected chi connectivity index (χ0v) is 11.2. The SMILES string of the molecule is CC(C)CCCNCc1ccccc1Br. The first kappa shape index (κ1) is 12.7. The summed E-state index contributed by atoms with van der Waals surface area (Å²) >= 11 is 3.55. The highest BCUT2D eigenvalue weighted by Gasteiger charge is 1.97. The van der Waals surface area contributed by atoms with Crippen LogP contribution in [0.15, 0.2) is 28.7 Å². The van der Waals surface area contributed by atoms with E-state index in [1.807, 2.05) is 6.07 Å². The molecule has 1 nitrogen and oxygen atoms in total. The summed E-state index contributed by atoms with van der Waals surface area (Å²) in [6, 6.07) is 8.37. The van der Waals surface area contributed by atoms with Gasteiger partial charge in [-0.05, 0) is 36.9 Å². The fraction of sp³-hybridized carbons (Fsp3) is 0.538. The van der Waals surface area contributed by atoms with Crippen LogP contribution < -0.4 is 5.32 Å². The summed E-state index contributed by atoms with van der Waals surface area (Å²) in [5, 5.41) is 3.47. The molecule has 0 aromatic heterocycles. The van der Waals surface area contributed by atoms with Crippen LogP contribution in [0.4, 0.5) is 0 Å². The Balaban J connectivity index is 2.18. The lowest BCUT2D eigenvalue weighted by molar-refractivity contribution is 0.527. The Morgan fingerprint density at radius 1 is 1.27 bits per heavy atom. The number of hydrogen-bond donors (Lipinski definition) is 1. The molecule has 0 aliphatic rings. The Labute approximate surface area is 101 Å². The van der Waals surface area contributed by atoms with Crippen molar-refractivity contribution in [1.29, 1.82) is 0 Å². The van der Waals surface area contributed by atoms with E-state index < -0.39 is 0 Å². The van der Waals surface area contributed by atoms with Gasteiger partial charge in [0, 0.05) is 11.0 Å². The van der Waals surface area contributed by atoms with Crippen LogP contribution in [-0.2, 0) is 6.54 Å². The molecule has 0 aliphatic heterocycles. The average molecular weight is 270 g/mol. The fourth-order valence-electron chi connectivity index (χ4n) is 1.50. The van der Waals surface area contributed by atoms with Gasteiger partial charge in [-0.15, -0.1) is 0 Å². The topological polar surface area (TPSA) is 12.0 Å². The molecule has 0 fully saturated rings. The number of halogens is 1. The van der Waals surface area contributed by atoms with Crippen molar-refractivity contribution in [3.05, 3.63) is 34.3 Å². The molecule has 1 N–H and O–H groups in total. The number of nitrogens with one attached hydrogen (secondary N) is 1. The van der Waals surface area contributed by atoms with Crippen LogP contribution in [0.3, 0.4) is 0 Å². The van der Waals surface area contributed by atoms with Gasteiger partial charge in [-0.25, -0.2) is 0 Å². The maximum absolute atomic E-state index is 3.55. The fourth-order valence-corrected chi connectivity index (χ4v) is 1.93. The number of hydrogen-bond acceptors (Lipinski definition) is 1. The highest BCUT2D eigenvalue weighted by atomic mass is 79.9. The molecule has 0 bridgehead atoms. The van der Waals surface area contributed by atoms with Gasteiger partial charge in [0.25, 0.3) is 0 Å². The summed E-state index contributed by atoms with van der Waals surface area (Å²) in [5.74, 6) is 0.815. The second kappa shape index (κ2) is 7.02. The third-order valence-corrected chi connectivity index (χ3v) is 3.18.